The van der Waals surface area contributed by atoms with Crippen molar-refractivity contribution < 1.29 is 9.90 Å². The third-order valence-electron chi connectivity index (χ3n) is 4.68. The quantitative estimate of drug-likeness (QED) is 0.858. The molecule has 0 saturated heterocycles. The van der Waals surface area contributed by atoms with Gasteiger partial charge in [-0.3, -0.25) is 4.79 Å². The first-order valence-corrected chi connectivity index (χ1v) is 7.64. The lowest BCUT2D eigenvalue weighted by molar-refractivity contribution is -0.141. The molecule has 1 fully saturated rings. The summed E-state index contributed by atoms with van der Waals surface area (Å²) in [5.41, 5.74) is 2.05. The molecule has 3 unspecified atom stereocenters. The van der Waals surface area contributed by atoms with E-state index in [4.69, 9.17) is 0 Å². The average Bonchev–Trinajstić information content (AvgIpc) is 2.39. The van der Waals surface area contributed by atoms with Crippen molar-refractivity contribution in [2.24, 2.45) is 5.92 Å². The Labute approximate surface area is 121 Å². The second-order valence-corrected chi connectivity index (χ2v) is 6.56. The molecule has 2 aliphatic rings. The summed E-state index contributed by atoms with van der Waals surface area (Å²) in [6.45, 7) is 0. The highest BCUT2D eigenvalue weighted by Crippen LogP contribution is 2.47. The SMILES string of the molecule is CN1c2cc(Br)ccc2C(C(=O)O)C2CCCCC21. The first-order valence-electron chi connectivity index (χ1n) is 6.84. The predicted molar refractivity (Wildman–Crippen MR) is 78.7 cm³/mol. The maximum absolute atomic E-state index is 11.7. The molecule has 1 aromatic carbocycles. The summed E-state index contributed by atoms with van der Waals surface area (Å²) < 4.78 is 1.01. The lowest BCUT2D eigenvalue weighted by Crippen LogP contribution is -2.48. The van der Waals surface area contributed by atoms with Gasteiger partial charge < -0.3 is 10.0 Å². The largest absolute Gasteiger partial charge is 0.481 e. The number of nitrogens with zero attached hydrogens (tertiary/aromatic N) is 1. The van der Waals surface area contributed by atoms with Gasteiger partial charge in [0.05, 0.1) is 5.92 Å². The molecule has 1 N–H and O–H groups in total. The lowest BCUT2D eigenvalue weighted by Gasteiger charge is -2.47. The van der Waals surface area contributed by atoms with Crippen LogP contribution in [-0.4, -0.2) is 24.2 Å². The van der Waals surface area contributed by atoms with Crippen LogP contribution >= 0.6 is 15.9 Å². The number of carboxylic acids is 1. The van der Waals surface area contributed by atoms with Crippen molar-refractivity contribution in [3.8, 4) is 0 Å². The Bertz CT molecular complexity index is 517. The number of halogens is 1. The van der Waals surface area contributed by atoms with Crippen molar-refractivity contribution in [1.82, 2.24) is 0 Å². The van der Waals surface area contributed by atoms with E-state index in [1.165, 1.54) is 6.42 Å². The van der Waals surface area contributed by atoms with Gasteiger partial charge in [-0.2, -0.15) is 0 Å². The fourth-order valence-electron chi connectivity index (χ4n) is 3.82. The number of rotatable bonds is 1. The Morgan fingerprint density at radius 2 is 2.11 bits per heavy atom. The molecule has 0 amide bonds. The second-order valence-electron chi connectivity index (χ2n) is 5.65. The molecule has 3 nitrogen and oxygen atoms in total. The summed E-state index contributed by atoms with van der Waals surface area (Å²) >= 11 is 3.49. The lowest BCUT2D eigenvalue weighted by atomic mass is 9.70. The molecule has 1 aliphatic carbocycles. The van der Waals surface area contributed by atoms with E-state index in [1.807, 2.05) is 12.1 Å². The van der Waals surface area contributed by atoms with Crippen LogP contribution in [0.25, 0.3) is 0 Å². The number of hydrogen-bond acceptors (Lipinski definition) is 2. The molecule has 1 aliphatic heterocycles. The van der Waals surface area contributed by atoms with Crippen LogP contribution in [-0.2, 0) is 4.79 Å². The van der Waals surface area contributed by atoms with Gasteiger partial charge in [0.15, 0.2) is 0 Å². The van der Waals surface area contributed by atoms with Crippen molar-refractivity contribution in [1.29, 1.82) is 0 Å². The van der Waals surface area contributed by atoms with Gasteiger partial charge in [0.1, 0.15) is 0 Å². The fraction of sp³-hybridized carbons (Fsp3) is 0.533. The van der Waals surface area contributed by atoms with Crippen LogP contribution in [0.4, 0.5) is 5.69 Å². The van der Waals surface area contributed by atoms with Gasteiger partial charge in [0.2, 0.25) is 0 Å². The fourth-order valence-corrected chi connectivity index (χ4v) is 4.17. The molecule has 0 spiro atoms. The van der Waals surface area contributed by atoms with Gasteiger partial charge >= 0.3 is 5.97 Å². The third-order valence-corrected chi connectivity index (χ3v) is 5.17. The van der Waals surface area contributed by atoms with Crippen molar-refractivity contribution >= 4 is 27.6 Å². The molecule has 1 aromatic rings. The third kappa shape index (κ3) is 2.06. The molecule has 19 heavy (non-hydrogen) atoms. The van der Waals surface area contributed by atoms with Gasteiger partial charge in [-0.25, -0.2) is 0 Å². The van der Waals surface area contributed by atoms with Crippen LogP contribution < -0.4 is 4.90 Å². The monoisotopic (exact) mass is 323 g/mol. The van der Waals surface area contributed by atoms with Gasteiger partial charge in [-0.1, -0.05) is 34.8 Å². The first kappa shape index (κ1) is 13.0. The average molecular weight is 324 g/mol. The molecule has 102 valence electrons. The summed E-state index contributed by atoms with van der Waals surface area (Å²) in [4.78, 5) is 14.0. The molecule has 0 aromatic heterocycles. The van der Waals surface area contributed by atoms with Crippen LogP contribution in [0.15, 0.2) is 22.7 Å². The standard InChI is InChI=1S/C15H18BrNO2/c1-17-12-5-3-2-4-10(12)14(15(18)19)11-7-6-9(16)8-13(11)17/h6-8,10,12,14H,2-5H2,1H3,(H,18,19). The van der Waals surface area contributed by atoms with E-state index in [1.54, 1.807) is 0 Å². The molecule has 3 atom stereocenters. The van der Waals surface area contributed by atoms with E-state index in [9.17, 15) is 9.90 Å². The van der Waals surface area contributed by atoms with Crippen LogP contribution in [0, 0.1) is 5.92 Å². The maximum atomic E-state index is 11.7. The normalized spacial score (nSPS) is 29.6. The zero-order valence-corrected chi connectivity index (χ0v) is 12.6. The van der Waals surface area contributed by atoms with Gasteiger partial charge in [-0.05, 0) is 36.5 Å². The topological polar surface area (TPSA) is 40.5 Å². The maximum Gasteiger partial charge on any atom is 0.311 e. The zero-order valence-electron chi connectivity index (χ0n) is 11.0. The highest BCUT2D eigenvalue weighted by Gasteiger charge is 2.44. The Balaban J connectivity index is 2.13. The molecule has 1 heterocycles. The molecule has 1 saturated carbocycles. The minimum Gasteiger partial charge on any atom is -0.481 e. The number of carboxylic acid groups (broad SMARTS) is 1. The Kier molecular flexibility index (Phi) is 3.29. The van der Waals surface area contributed by atoms with Crippen LogP contribution in [0.5, 0.6) is 0 Å². The van der Waals surface area contributed by atoms with Crippen LogP contribution in [0.3, 0.4) is 0 Å². The van der Waals surface area contributed by atoms with Gasteiger partial charge in [0, 0.05) is 23.2 Å². The molecule has 0 radical (unpaired) electrons. The number of aliphatic carboxylic acids is 1. The summed E-state index contributed by atoms with van der Waals surface area (Å²) in [5, 5.41) is 9.65. The minimum absolute atomic E-state index is 0.255. The highest BCUT2D eigenvalue weighted by molar-refractivity contribution is 9.10. The van der Waals surface area contributed by atoms with Crippen molar-refractivity contribution in [2.45, 2.75) is 37.6 Å². The van der Waals surface area contributed by atoms with Crippen molar-refractivity contribution in [2.75, 3.05) is 11.9 Å². The number of fused-ring (bicyclic) bond motifs is 2. The number of hydrogen-bond donors (Lipinski definition) is 1. The number of anilines is 1. The van der Waals surface area contributed by atoms with Crippen LogP contribution in [0.2, 0.25) is 0 Å². The first-order chi connectivity index (χ1) is 9.09. The molecule has 0 bridgehead atoms. The summed E-state index contributed by atoms with van der Waals surface area (Å²) in [6.07, 6.45) is 4.50. The highest BCUT2D eigenvalue weighted by atomic mass is 79.9. The van der Waals surface area contributed by atoms with E-state index in [0.29, 0.717) is 6.04 Å². The molecule has 3 rings (SSSR count). The van der Waals surface area contributed by atoms with Crippen molar-refractivity contribution in [3.05, 3.63) is 28.2 Å². The zero-order chi connectivity index (χ0) is 13.6. The number of benzene rings is 1. The smallest absolute Gasteiger partial charge is 0.311 e. The van der Waals surface area contributed by atoms with Crippen molar-refractivity contribution in [3.63, 3.8) is 0 Å². The van der Waals surface area contributed by atoms with E-state index in [2.05, 4.69) is 33.9 Å². The molecular weight excluding hydrogens is 306 g/mol. The second kappa shape index (κ2) is 4.82. The van der Waals surface area contributed by atoms with E-state index >= 15 is 0 Å². The number of carbonyl (C=O) groups is 1. The van der Waals surface area contributed by atoms with E-state index in [0.717, 1.165) is 35.0 Å². The Morgan fingerprint density at radius 1 is 1.37 bits per heavy atom. The summed E-state index contributed by atoms with van der Waals surface area (Å²) in [5.74, 6) is -0.761. The van der Waals surface area contributed by atoms with E-state index < -0.39 is 5.97 Å². The minimum atomic E-state index is -0.673. The molecular formula is C15H18BrNO2. The summed E-state index contributed by atoms with van der Waals surface area (Å²) in [6, 6.07) is 6.35. The van der Waals surface area contributed by atoms with Gasteiger partial charge in [0.25, 0.3) is 0 Å². The Hall–Kier alpha value is -1.03. The van der Waals surface area contributed by atoms with Crippen LogP contribution in [0.1, 0.15) is 37.2 Å². The Morgan fingerprint density at radius 3 is 2.84 bits per heavy atom. The van der Waals surface area contributed by atoms with Gasteiger partial charge in [-0.15, -0.1) is 0 Å². The van der Waals surface area contributed by atoms with E-state index in [-0.39, 0.29) is 11.8 Å². The summed E-state index contributed by atoms with van der Waals surface area (Å²) in [7, 11) is 2.10. The molecule has 4 heteroatoms. The predicted octanol–water partition coefficient (Wildman–Crippen LogP) is 3.63.